The molecule has 1 amide bonds. The molecule has 2 aliphatic carbocycles. The number of oxime groups is 1. The number of aliphatic hydroxyl groups excluding tert-OH is 1. The molecule has 0 unspecified atom stereocenters. The summed E-state index contributed by atoms with van der Waals surface area (Å²) < 4.78 is 31.0. The maximum atomic E-state index is 13.3. The molecule has 3 aliphatic rings. The molecule has 3 fully saturated rings. The Morgan fingerprint density at radius 1 is 1.05 bits per heavy atom. The molecule has 6 rings (SSSR count). The third kappa shape index (κ3) is 5.37. The quantitative estimate of drug-likeness (QED) is 0.266. The van der Waals surface area contributed by atoms with Gasteiger partial charge in [0.05, 0.1) is 16.2 Å². The van der Waals surface area contributed by atoms with E-state index in [1.54, 1.807) is 24.3 Å². The van der Waals surface area contributed by atoms with Gasteiger partial charge in [-0.05, 0) is 43.9 Å². The van der Waals surface area contributed by atoms with Gasteiger partial charge < -0.3 is 20.0 Å². The summed E-state index contributed by atoms with van der Waals surface area (Å²) in [6.07, 6.45) is 2.34. The minimum Gasteiger partial charge on any atom is -0.472 e. The van der Waals surface area contributed by atoms with Gasteiger partial charge in [0.15, 0.2) is 20.7 Å². The van der Waals surface area contributed by atoms with Crippen molar-refractivity contribution >= 4 is 48.3 Å². The van der Waals surface area contributed by atoms with E-state index in [1.807, 2.05) is 0 Å². The molecule has 13 heteroatoms. The second-order valence-electron chi connectivity index (χ2n) is 9.75. The number of sulfone groups is 1. The van der Waals surface area contributed by atoms with Gasteiger partial charge in [-0.3, -0.25) is 10.1 Å². The van der Waals surface area contributed by atoms with Crippen LogP contribution in [0, 0.1) is 0 Å². The second-order valence-corrected chi connectivity index (χ2v) is 13.0. The smallest absolute Gasteiger partial charge is 0.280 e. The molecule has 0 bridgehead atoms. The SMILES string of the molecule is O=C(Nc1nc2ccc(OC3CNC3)nc2s1)/C(=N/O[C@@H]1CC[C@@H](O)C1)c1ccc(S(=O)(=O)C2CC2)cc1. The summed E-state index contributed by atoms with van der Waals surface area (Å²) in [6.45, 7) is 1.56. The van der Waals surface area contributed by atoms with Gasteiger partial charge in [0, 0.05) is 31.1 Å². The number of hydrogen-bond donors (Lipinski definition) is 3. The number of nitrogens with zero attached hydrogens (tertiary/aromatic N) is 3. The highest BCUT2D eigenvalue weighted by atomic mass is 32.2. The molecule has 11 nitrogen and oxygen atoms in total. The summed E-state index contributed by atoms with van der Waals surface area (Å²) in [4.78, 5) is 28.7. The van der Waals surface area contributed by atoms with Crippen molar-refractivity contribution < 1.29 is 27.9 Å². The summed E-state index contributed by atoms with van der Waals surface area (Å²) in [5.74, 6) is -0.0569. The monoisotopic (exact) mass is 557 g/mol. The van der Waals surface area contributed by atoms with E-state index in [-0.39, 0.29) is 28.1 Å². The van der Waals surface area contributed by atoms with E-state index in [1.165, 1.54) is 23.5 Å². The fourth-order valence-corrected chi connectivity index (χ4v) is 6.81. The lowest BCUT2D eigenvalue weighted by atomic mass is 10.1. The molecule has 3 heterocycles. The third-order valence-electron chi connectivity index (χ3n) is 6.77. The Hall–Kier alpha value is -3.13. The third-order valence-corrected chi connectivity index (χ3v) is 9.93. The van der Waals surface area contributed by atoms with E-state index in [4.69, 9.17) is 9.57 Å². The number of ether oxygens (including phenoxy) is 1. The Morgan fingerprint density at radius 2 is 1.84 bits per heavy atom. The van der Waals surface area contributed by atoms with E-state index < -0.39 is 21.8 Å². The minimum absolute atomic E-state index is 0.0181. The van der Waals surface area contributed by atoms with Crippen LogP contribution >= 0.6 is 11.3 Å². The van der Waals surface area contributed by atoms with Crippen LogP contribution in [0.25, 0.3) is 10.3 Å². The van der Waals surface area contributed by atoms with Gasteiger partial charge in [0.2, 0.25) is 5.88 Å². The Morgan fingerprint density at radius 3 is 2.50 bits per heavy atom. The molecule has 2 aromatic heterocycles. The molecule has 1 aromatic carbocycles. The first kappa shape index (κ1) is 25.2. The van der Waals surface area contributed by atoms with Gasteiger partial charge in [-0.1, -0.05) is 28.6 Å². The fourth-order valence-electron chi connectivity index (χ4n) is 4.33. The molecule has 1 aliphatic heterocycles. The molecule has 200 valence electrons. The highest BCUT2D eigenvalue weighted by Gasteiger charge is 2.37. The van der Waals surface area contributed by atoms with Crippen LogP contribution < -0.4 is 15.4 Å². The van der Waals surface area contributed by atoms with Crippen LogP contribution in [0.5, 0.6) is 5.88 Å². The van der Waals surface area contributed by atoms with Gasteiger partial charge in [0.25, 0.3) is 5.91 Å². The summed E-state index contributed by atoms with van der Waals surface area (Å²) in [5.41, 5.74) is 1.00. The second kappa shape index (κ2) is 10.2. The zero-order valence-corrected chi connectivity index (χ0v) is 22.0. The number of hydrogen-bond acceptors (Lipinski definition) is 11. The lowest BCUT2D eigenvalue weighted by Gasteiger charge is -2.27. The first-order valence-electron chi connectivity index (χ1n) is 12.6. The zero-order valence-electron chi connectivity index (χ0n) is 20.4. The number of nitrogens with one attached hydrogen (secondary N) is 2. The average Bonchev–Trinajstić information content (AvgIpc) is 3.55. The van der Waals surface area contributed by atoms with Crippen molar-refractivity contribution in [3.63, 3.8) is 0 Å². The standard InChI is InChI=1S/C25H27N5O6S2/c31-15-3-4-16(11-15)36-30-22(14-1-5-18(6-2-14)38(33,34)19-7-8-19)23(32)29-25-27-20-9-10-21(28-24(20)37-25)35-17-12-26-13-17/h1-2,5-6,9-10,15-17,19,26,31H,3-4,7-8,11-13H2,(H,27,29,32)/b30-22+/t15-,16-/m1/s1. The number of carbonyl (C=O) groups is 1. The Balaban J connectivity index is 1.23. The van der Waals surface area contributed by atoms with Gasteiger partial charge >= 0.3 is 0 Å². The number of fused-ring (bicyclic) bond motifs is 1. The summed E-state index contributed by atoms with van der Waals surface area (Å²) in [7, 11) is -3.36. The van der Waals surface area contributed by atoms with Crippen molar-refractivity contribution in [2.45, 2.75) is 60.6 Å². The summed E-state index contributed by atoms with van der Waals surface area (Å²) >= 11 is 1.21. The molecular weight excluding hydrogens is 530 g/mol. The largest absolute Gasteiger partial charge is 0.472 e. The lowest BCUT2D eigenvalue weighted by molar-refractivity contribution is -0.110. The Bertz CT molecular complexity index is 1480. The molecule has 0 spiro atoms. The highest BCUT2D eigenvalue weighted by molar-refractivity contribution is 7.92. The molecule has 38 heavy (non-hydrogen) atoms. The van der Waals surface area contributed by atoms with Crippen LogP contribution in [-0.2, 0) is 19.5 Å². The molecule has 0 radical (unpaired) electrons. The topological polar surface area (TPSA) is 152 Å². The predicted molar refractivity (Wildman–Crippen MR) is 141 cm³/mol. The van der Waals surface area contributed by atoms with E-state index in [9.17, 15) is 18.3 Å². The van der Waals surface area contributed by atoms with Crippen molar-refractivity contribution in [1.29, 1.82) is 0 Å². The number of amides is 1. The van der Waals surface area contributed by atoms with Crippen LogP contribution in [0.3, 0.4) is 0 Å². The van der Waals surface area contributed by atoms with E-state index in [2.05, 4.69) is 25.8 Å². The predicted octanol–water partition coefficient (Wildman–Crippen LogP) is 2.25. The lowest BCUT2D eigenvalue weighted by Crippen LogP contribution is -2.50. The van der Waals surface area contributed by atoms with Gasteiger partial charge in [-0.2, -0.15) is 0 Å². The molecule has 2 saturated carbocycles. The maximum absolute atomic E-state index is 13.3. The first-order valence-corrected chi connectivity index (χ1v) is 14.9. The average molecular weight is 558 g/mol. The summed E-state index contributed by atoms with van der Waals surface area (Å²) in [6, 6.07) is 9.63. The number of carbonyl (C=O) groups excluding carboxylic acids is 1. The molecular formula is C25H27N5O6S2. The van der Waals surface area contributed by atoms with Crippen molar-refractivity contribution in [2.24, 2.45) is 5.16 Å². The van der Waals surface area contributed by atoms with Crippen molar-refractivity contribution in [1.82, 2.24) is 15.3 Å². The summed E-state index contributed by atoms with van der Waals surface area (Å²) in [5, 5.41) is 19.9. The minimum atomic E-state index is -3.36. The highest BCUT2D eigenvalue weighted by Crippen LogP contribution is 2.33. The number of aromatic nitrogens is 2. The van der Waals surface area contributed by atoms with Crippen LogP contribution in [0.2, 0.25) is 0 Å². The number of thiazole rings is 1. The van der Waals surface area contributed by atoms with Gasteiger partial charge in [-0.15, -0.1) is 0 Å². The number of anilines is 1. The van der Waals surface area contributed by atoms with Crippen molar-refractivity contribution in [3.8, 4) is 5.88 Å². The van der Waals surface area contributed by atoms with Crippen LogP contribution in [0.1, 0.15) is 37.7 Å². The van der Waals surface area contributed by atoms with Gasteiger partial charge in [-0.25, -0.2) is 18.4 Å². The normalized spacial score (nSPS) is 22.3. The fraction of sp³-hybridized carbons (Fsp3) is 0.440. The van der Waals surface area contributed by atoms with Crippen molar-refractivity contribution in [2.75, 3.05) is 18.4 Å². The van der Waals surface area contributed by atoms with Crippen molar-refractivity contribution in [3.05, 3.63) is 42.0 Å². The molecule has 2 atom stereocenters. The van der Waals surface area contributed by atoms with E-state index in [0.717, 1.165) is 13.1 Å². The van der Waals surface area contributed by atoms with Crippen LogP contribution in [-0.4, -0.2) is 71.8 Å². The number of benzene rings is 1. The molecule has 1 saturated heterocycles. The first-order chi connectivity index (χ1) is 18.3. The molecule has 3 aromatic rings. The maximum Gasteiger partial charge on any atom is 0.280 e. The Kier molecular flexibility index (Phi) is 6.76. The van der Waals surface area contributed by atoms with E-state index >= 15 is 0 Å². The Labute approximate surface area is 223 Å². The van der Waals surface area contributed by atoms with Crippen LogP contribution in [0.4, 0.5) is 5.13 Å². The molecule has 3 N–H and O–H groups in total. The zero-order chi connectivity index (χ0) is 26.3. The van der Waals surface area contributed by atoms with Crippen LogP contribution in [0.15, 0.2) is 46.4 Å². The van der Waals surface area contributed by atoms with Gasteiger partial charge in [0.1, 0.15) is 22.6 Å². The van der Waals surface area contributed by atoms with E-state index in [0.29, 0.717) is 59.0 Å². The number of rotatable bonds is 9. The number of aliphatic hydroxyl groups is 1. The number of pyridine rings is 1.